The van der Waals surface area contributed by atoms with Crippen molar-refractivity contribution in [1.29, 1.82) is 0 Å². The van der Waals surface area contributed by atoms with Gasteiger partial charge in [0.25, 0.3) is 5.91 Å². The number of hydrogen-bond donors (Lipinski definition) is 2. The molecule has 104 valence electrons. The lowest BCUT2D eigenvalue weighted by molar-refractivity contribution is -0.139. The number of aliphatic carboxylic acids is 1. The molecule has 0 aromatic carbocycles. The minimum absolute atomic E-state index is 0.0834. The van der Waals surface area contributed by atoms with E-state index < -0.39 is 11.5 Å². The first-order valence-corrected chi connectivity index (χ1v) is 6.87. The Morgan fingerprint density at radius 1 is 1.53 bits per heavy atom. The van der Waals surface area contributed by atoms with E-state index in [0.29, 0.717) is 30.9 Å². The van der Waals surface area contributed by atoms with E-state index in [1.165, 1.54) is 17.5 Å². The van der Waals surface area contributed by atoms with Crippen LogP contribution < -0.4 is 5.32 Å². The zero-order valence-corrected chi connectivity index (χ0v) is 11.5. The average molecular weight is 284 g/mol. The summed E-state index contributed by atoms with van der Waals surface area (Å²) in [5.74, 6) is -1.17. The van der Waals surface area contributed by atoms with Gasteiger partial charge >= 0.3 is 5.97 Å². The molecule has 1 fully saturated rings. The number of aromatic nitrogens is 1. The van der Waals surface area contributed by atoms with Crippen LogP contribution in [0.2, 0.25) is 0 Å². The van der Waals surface area contributed by atoms with Gasteiger partial charge in [-0.15, -0.1) is 11.3 Å². The quantitative estimate of drug-likeness (QED) is 0.867. The molecule has 6 nitrogen and oxygen atoms in total. The van der Waals surface area contributed by atoms with Crippen molar-refractivity contribution in [3.8, 4) is 0 Å². The predicted octanol–water partition coefficient (Wildman–Crippen LogP) is 1.21. The van der Waals surface area contributed by atoms with Crippen molar-refractivity contribution in [1.82, 2.24) is 10.3 Å². The van der Waals surface area contributed by atoms with Crippen LogP contribution in [0.4, 0.5) is 0 Å². The number of nitrogens with zero attached hydrogens (tertiary/aromatic N) is 1. The summed E-state index contributed by atoms with van der Waals surface area (Å²) in [4.78, 5) is 27.7. The van der Waals surface area contributed by atoms with Crippen LogP contribution in [0.25, 0.3) is 0 Å². The lowest BCUT2D eigenvalue weighted by atomic mass is 9.86. The summed E-state index contributed by atoms with van der Waals surface area (Å²) < 4.78 is 5.24. The Hall–Kier alpha value is -1.47. The Labute approximate surface area is 114 Å². The number of carboxylic acids is 1. The molecule has 2 N–H and O–H groups in total. The second kappa shape index (κ2) is 5.66. The standard InChI is InChI=1S/C12H16N2O4S/c1-8-13-7-9(19-8)11(17)14-12(6-10(15)16)2-4-18-5-3-12/h7H,2-6H2,1H3,(H,14,17)(H,15,16). The first-order valence-electron chi connectivity index (χ1n) is 6.05. The second-order valence-corrected chi connectivity index (χ2v) is 5.90. The van der Waals surface area contributed by atoms with Gasteiger partial charge in [0, 0.05) is 13.2 Å². The van der Waals surface area contributed by atoms with Crippen LogP contribution >= 0.6 is 11.3 Å². The number of rotatable bonds is 4. The zero-order chi connectivity index (χ0) is 13.9. The third-order valence-electron chi connectivity index (χ3n) is 3.16. The Balaban J connectivity index is 2.11. The molecular weight excluding hydrogens is 268 g/mol. The molecule has 0 atom stereocenters. The van der Waals surface area contributed by atoms with E-state index >= 15 is 0 Å². The largest absolute Gasteiger partial charge is 0.481 e. The van der Waals surface area contributed by atoms with Crippen LogP contribution in [-0.4, -0.2) is 40.7 Å². The predicted molar refractivity (Wildman–Crippen MR) is 69.4 cm³/mol. The number of amides is 1. The van der Waals surface area contributed by atoms with Crippen LogP contribution in [0.15, 0.2) is 6.20 Å². The number of nitrogens with one attached hydrogen (secondary N) is 1. The maximum atomic E-state index is 12.1. The lowest BCUT2D eigenvalue weighted by Gasteiger charge is -2.36. The smallest absolute Gasteiger partial charge is 0.305 e. The summed E-state index contributed by atoms with van der Waals surface area (Å²) in [5, 5.41) is 12.7. The molecule has 0 radical (unpaired) electrons. The van der Waals surface area contributed by atoms with E-state index in [9.17, 15) is 9.59 Å². The summed E-state index contributed by atoms with van der Waals surface area (Å²) in [5.41, 5.74) is -0.709. The van der Waals surface area contributed by atoms with E-state index in [1.54, 1.807) is 0 Å². The molecule has 1 saturated heterocycles. The number of carbonyl (C=O) groups is 2. The van der Waals surface area contributed by atoms with Gasteiger partial charge in [-0.3, -0.25) is 9.59 Å². The summed E-state index contributed by atoms with van der Waals surface area (Å²) in [6, 6.07) is 0. The molecular formula is C12H16N2O4S. The van der Waals surface area contributed by atoms with Crippen molar-refractivity contribution in [3.05, 3.63) is 16.1 Å². The third-order valence-corrected chi connectivity index (χ3v) is 4.07. The van der Waals surface area contributed by atoms with Crippen molar-refractivity contribution in [3.63, 3.8) is 0 Å². The first-order chi connectivity index (χ1) is 9.01. The maximum Gasteiger partial charge on any atom is 0.305 e. The number of carbonyl (C=O) groups excluding carboxylic acids is 1. The number of ether oxygens (including phenoxy) is 1. The number of carboxylic acid groups (broad SMARTS) is 1. The molecule has 0 bridgehead atoms. The van der Waals surface area contributed by atoms with Gasteiger partial charge in [0.1, 0.15) is 4.88 Å². The highest BCUT2D eigenvalue weighted by Crippen LogP contribution is 2.25. The minimum atomic E-state index is -0.914. The summed E-state index contributed by atoms with van der Waals surface area (Å²) in [6.07, 6.45) is 2.47. The Bertz CT molecular complexity index is 480. The summed E-state index contributed by atoms with van der Waals surface area (Å²) >= 11 is 1.30. The van der Waals surface area contributed by atoms with Crippen LogP contribution in [0.3, 0.4) is 0 Å². The van der Waals surface area contributed by atoms with E-state index in [2.05, 4.69) is 10.3 Å². The maximum absolute atomic E-state index is 12.1. The molecule has 1 aliphatic rings. The van der Waals surface area contributed by atoms with Gasteiger partial charge < -0.3 is 15.2 Å². The normalized spacial score (nSPS) is 17.9. The number of hydrogen-bond acceptors (Lipinski definition) is 5. The Morgan fingerprint density at radius 2 is 2.21 bits per heavy atom. The van der Waals surface area contributed by atoms with Crippen LogP contribution in [0, 0.1) is 6.92 Å². The second-order valence-electron chi connectivity index (χ2n) is 4.66. The van der Waals surface area contributed by atoms with E-state index in [4.69, 9.17) is 9.84 Å². The van der Waals surface area contributed by atoms with Gasteiger partial charge in [-0.1, -0.05) is 0 Å². The van der Waals surface area contributed by atoms with Gasteiger partial charge in [-0.05, 0) is 19.8 Å². The minimum Gasteiger partial charge on any atom is -0.481 e. The van der Waals surface area contributed by atoms with Gasteiger partial charge in [0.2, 0.25) is 0 Å². The van der Waals surface area contributed by atoms with Gasteiger partial charge in [0.05, 0.1) is 23.2 Å². The molecule has 1 aromatic rings. The third kappa shape index (κ3) is 3.51. The van der Waals surface area contributed by atoms with Crippen molar-refractivity contribution >= 4 is 23.2 Å². The monoisotopic (exact) mass is 284 g/mol. The van der Waals surface area contributed by atoms with Crippen LogP contribution in [0.5, 0.6) is 0 Å². The highest BCUT2D eigenvalue weighted by atomic mass is 32.1. The van der Waals surface area contributed by atoms with Crippen molar-refractivity contribution in [2.75, 3.05) is 13.2 Å². The van der Waals surface area contributed by atoms with Crippen molar-refractivity contribution in [2.24, 2.45) is 0 Å². The number of aryl methyl sites for hydroxylation is 1. The van der Waals surface area contributed by atoms with Crippen molar-refractivity contribution in [2.45, 2.75) is 31.7 Å². The molecule has 19 heavy (non-hydrogen) atoms. The molecule has 1 aromatic heterocycles. The van der Waals surface area contributed by atoms with Gasteiger partial charge in [0.15, 0.2) is 0 Å². The molecule has 7 heteroatoms. The van der Waals surface area contributed by atoms with Crippen LogP contribution in [-0.2, 0) is 9.53 Å². The molecule has 1 aliphatic heterocycles. The van der Waals surface area contributed by atoms with Crippen LogP contribution in [0.1, 0.15) is 33.9 Å². The molecule has 1 amide bonds. The topological polar surface area (TPSA) is 88.5 Å². The van der Waals surface area contributed by atoms with E-state index in [-0.39, 0.29) is 12.3 Å². The highest BCUT2D eigenvalue weighted by molar-refractivity contribution is 7.13. The SMILES string of the molecule is Cc1ncc(C(=O)NC2(CC(=O)O)CCOCC2)s1. The lowest BCUT2D eigenvalue weighted by Crippen LogP contribution is -2.53. The molecule has 0 saturated carbocycles. The molecule has 0 unspecified atom stereocenters. The Kier molecular flexibility index (Phi) is 4.16. The highest BCUT2D eigenvalue weighted by Gasteiger charge is 2.36. The average Bonchev–Trinajstić information content (AvgIpc) is 2.76. The van der Waals surface area contributed by atoms with E-state index in [0.717, 1.165) is 5.01 Å². The number of thiazole rings is 1. The molecule has 0 aliphatic carbocycles. The molecule has 0 spiro atoms. The van der Waals surface area contributed by atoms with Gasteiger partial charge in [-0.25, -0.2) is 4.98 Å². The Morgan fingerprint density at radius 3 is 2.74 bits per heavy atom. The molecule has 2 rings (SSSR count). The van der Waals surface area contributed by atoms with Gasteiger partial charge in [-0.2, -0.15) is 0 Å². The molecule has 2 heterocycles. The first kappa shape index (κ1) is 14.0. The van der Waals surface area contributed by atoms with Crippen molar-refractivity contribution < 1.29 is 19.4 Å². The fourth-order valence-electron chi connectivity index (χ4n) is 2.17. The fourth-order valence-corrected chi connectivity index (χ4v) is 2.84. The summed E-state index contributed by atoms with van der Waals surface area (Å²) in [7, 11) is 0. The van der Waals surface area contributed by atoms with E-state index in [1.807, 2.05) is 6.92 Å². The fraction of sp³-hybridized carbons (Fsp3) is 0.583. The summed E-state index contributed by atoms with van der Waals surface area (Å²) in [6.45, 7) is 2.76. The zero-order valence-electron chi connectivity index (χ0n) is 10.6.